The van der Waals surface area contributed by atoms with Gasteiger partial charge in [-0.2, -0.15) is 5.10 Å². The van der Waals surface area contributed by atoms with Gasteiger partial charge in [-0.05, 0) is 31.2 Å². The van der Waals surface area contributed by atoms with Gasteiger partial charge in [0.15, 0.2) is 0 Å². The zero-order chi connectivity index (χ0) is 13.1. The van der Waals surface area contributed by atoms with Crippen molar-refractivity contribution in [1.29, 1.82) is 0 Å². The third kappa shape index (κ3) is 2.86. The Morgan fingerprint density at radius 3 is 2.72 bits per heavy atom. The van der Waals surface area contributed by atoms with Crippen molar-refractivity contribution in [2.45, 2.75) is 20.4 Å². The van der Waals surface area contributed by atoms with Crippen LogP contribution < -0.4 is 5.32 Å². The van der Waals surface area contributed by atoms with Crippen molar-refractivity contribution in [3.8, 4) is 5.69 Å². The Labute approximate surface area is 117 Å². The molecule has 0 radical (unpaired) electrons. The molecule has 0 saturated carbocycles. The number of aryl methyl sites for hydroxylation is 1. The van der Waals surface area contributed by atoms with Gasteiger partial charge in [0.25, 0.3) is 0 Å². The minimum Gasteiger partial charge on any atom is -0.313 e. The highest BCUT2D eigenvalue weighted by Crippen LogP contribution is 2.22. The van der Waals surface area contributed by atoms with Crippen molar-refractivity contribution in [2.75, 3.05) is 6.54 Å². The van der Waals surface area contributed by atoms with E-state index in [1.807, 2.05) is 25.1 Å². The molecule has 0 spiro atoms. The van der Waals surface area contributed by atoms with Gasteiger partial charge in [-0.1, -0.05) is 36.2 Å². The van der Waals surface area contributed by atoms with Gasteiger partial charge in [-0.15, -0.1) is 0 Å². The Bertz CT molecular complexity index is 530. The molecule has 1 heterocycles. The fourth-order valence-corrected chi connectivity index (χ4v) is 2.02. The Kier molecular flexibility index (Phi) is 4.27. The average Bonchev–Trinajstić information content (AvgIpc) is 2.68. The molecule has 0 atom stereocenters. The molecular weight excluding hydrogens is 269 g/mol. The number of nitrogens with one attached hydrogen (secondary N) is 1. The maximum atomic E-state index is 6.05. The van der Waals surface area contributed by atoms with E-state index in [1.165, 1.54) is 0 Å². The molecule has 0 aliphatic carbocycles. The summed E-state index contributed by atoms with van der Waals surface area (Å²) in [6.45, 7) is 5.65. The van der Waals surface area contributed by atoms with Crippen LogP contribution in [0.4, 0.5) is 0 Å². The normalized spacial score (nSPS) is 10.9. The summed E-state index contributed by atoms with van der Waals surface area (Å²) in [5.41, 5.74) is 2.91. The first kappa shape index (κ1) is 13.4. The van der Waals surface area contributed by atoms with E-state index in [0.29, 0.717) is 10.0 Å². The molecule has 1 N–H and O–H groups in total. The maximum absolute atomic E-state index is 6.05. The molecule has 2 rings (SSSR count). The lowest BCUT2D eigenvalue weighted by atomic mass is 10.2. The van der Waals surface area contributed by atoms with Gasteiger partial charge in [0.05, 0.1) is 16.4 Å². The van der Waals surface area contributed by atoms with Gasteiger partial charge >= 0.3 is 0 Å². The van der Waals surface area contributed by atoms with Crippen LogP contribution in [0, 0.1) is 6.92 Å². The van der Waals surface area contributed by atoms with E-state index in [2.05, 4.69) is 17.3 Å². The molecule has 96 valence electrons. The number of halogens is 2. The van der Waals surface area contributed by atoms with E-state index < -0.39 is 0 Å². The quantitative estimate of drug-likeness (QED) is 0.929. The highest BCUT2D eigenvalue weighted by molar-refractivity contribution is 6.31. The maximum Gasteiger partial charge on any atom is 0.0819 e. The molecule has 0 aliphatic heterocycles. The number of benzene rings is 1. The smallest absolute Gasteiger partial charge is 0.0819 e. The van der Waals surface area contributed by atoms with E-state index in [0.717, 1.165) is 30.0 Å². The Balaban J connectivity index is 2.43. The second kappa shape index (κ2) is 5.74. The van der Waals surface area contributed by atoms with Crippen molar-refractivity contribution in [2.24, 2.45) is 0 Å². The van der Waals surface area contributed by atoms with Crippen molar-refractivity contribution >= 4 is 23.2 Å². The predicted octanol–water partition coefficient (Wildman–Crippen LogP) is 3.60. The van der Waals surface area contributed by atoms with Gasteiger partial charge in [0, 0.05) is 17.8 Å². The number of rotatable bonds is 4. The molecular formula is C13H15Cl2N3. The lowest BCUT2D eigenvalue weighted by molar-refractivity contribution is 0.716. The number of hydrogen-bond donors (Lipinski definition) is 1. The first-order valence-electron chi connectivity index (χ1n) is 5.83. The molecule has 0 bridgehead atoms. The van der Waals surface area contributed by atoms with Crippen LogP contribution in [0.2, 0.25) is 10.0 Å². The van der Waals surface area contributed by atoms with E-state index >= 15 is 0 Å². The van der Waals surface area contributed by atoms with Crippen LogP contribution in [0.5, 0.6) is 0 Å². The summed E-state index contributed by atoms with van der Waals surface area (Å²) in [5.74, 6) is 0. The monoisotopic (exact) mass is 283 g/mol. The van der Waals surface area contributed by atoms with Gasteiger partial charge in [-0.3, -0.25) is 0 Å². The number of hydrogen-bond acceptors (Lipinski definition) is 2. The van der Waals surface area contributed by atoms with Crippen LogP contribution >= 0.6 is 23.2 Å². The second-order valence-corrected chi connectivity index (χ2v) is 4.90. The van der Waals surface area contributed by atoms with Crippen molar-refractivity contribution in [3.63, 3.8) is 0 Å². The summed E-state index contributed by atoms with van der Waals surface area (Å²) in [5, 5.41) is 9.03. The summed E-state index contributed by atoms with van der Waals surface area (Å²) < 4.78 is 1.77. The number of nitrogens with zero attached hydrogens (tertiary/aromatic N) is 2. The van der Waals surface area contributed by atoms with E-state index in [4.69, 9.17) is 23.2 Å². The first-order valence-corrected chi connectivity index (χ1v) is 6.58. The van der Waals surface area contributed by atoms with Crippen LogP contribution in [0.25, 0.3) is 5.69 Å². The van der Waals surface area contributed by atoms with Gasteiger partial charge in [0.1, 0.15) is 0 Å². The lowest BCUT2D eigenvalue weighted by Crippen LogP contribution is -2.14. The zero-order valence-corrected chi connectivity index (χ0v) is 11.9. The molecule has 0 amide bonds. The topological polar surface area (TPSA) is 29.9 Å². The van der Waals surface area contributed by atoms with E-state index in [9.17, 15) is 0 Å². The Morgan fingerprint density at radius 1 is 1.33 bits per heavy atom. The van der Waals surface area contributed by atoms with Crippen molar-refractivity contribution < 1.29 is 0 Å². The van der Waals surface area contributed by atoms with Gasteiger partial charge < -0.3 is 5.32 Å². The molecule has 5 heteroatoms. The fraction of sp³-hybridized carbons (Fsp3) is 0.308. The molecule has 1 aromatic heterocycles. The Morgan fingerprint density at radius 2 is 2.11 bits per heavy atom. The Hall–Kier alpha value is -1.03. The molecule has 0 unspecified atom stereocenters. The summed E-state index contributed by atoms with van der Waals surface area (Å²) in [6.07, 6.45) is 1.80. The number of aromatic nitrogens is 2. The largest absolute Gasteiger partial charge is 0.313 e. The highest BCUT2D eigenvalue weighted by atomic mass is 35.5. The molecule has 0 fully saturated rings. The fourth-order valence-electron chi connectivity index (χ4n) is 1.72. The highest BCUT2D eigenvalue weighted by Gasteiger charge is 2.09. The van der Waals surface area contributed by atoms with E-state index in [1.54, 1.807) is 10.9 Å². The summed E-state index contributed by atoms with van der Waals surface area (Å²) in [4.78, 5) is 0. The second-order valence-electron chi connectivity index (χ2n) is 4.06. The summed E-state index contributed by atoms with van der Waals surface area (Å²) in [7, 11) is 0. The first-order chi connectivity index (χ1) is 8.61. The average molecular weight is 284 g/mol. The van der Waals surface area contributed by atoms with Crippen LogP contribution in [-0.4, -0.2) is 16.3 Å². The molecule has 18 heavy (non-hydrogen) atoms. The summed E-state index contributed by atoms with van der Waals surface area (Å²) in [6, 6.07) is 5.79. The van der Waals surface area contributed by atoms with Crippen molar-refractivity contribution in [1.82, 2.24) is 15.1 Å². The van der Waals surface area contributed by atoms with Gasteiger partial charge in [-0.25, -0.2) is 4.68 Å². The van der Waals surface area contributed by atoms with Crippen LogP contribution in [0.1, 0.15) is 18.2 Å². The molecule has 1 aromatic carbocycles. The third-order valence-corrected chi connectivity index (χ3v) is 3.30. The lowest BCUT2D eigenvalue weighted by Gasteiger charge is -2.10. The molecule has 0 saturated heterocycles. The van der Waals surface area contributed by atoms with Crippen molar-refractivity contribution in [3.05, 3.63) is 45.7 Å². The minimum absolute atomic E-state index is 0.657. The van der Waals surface area contributed by atoms with E-state index in [-0.39, 0.29) is 0 Å². The van der Waals surface area contributed by atoms with Crippen LogP contribution in [0.3, 0.4) is 0 Å². The molecule has 2 aromatic rings. The van der Waals surface area contributed by atoms with Crippen LogP contribution in [0.15, 0.2) is 24.4 Å². The zero-order valence-electron chi connectivity index (χ0n) is 10.4. The van der Waals surface area contributed by atoms with Gasteiger partial charge in [0.2, 0.25) is 0 Å². The molecule has 3 nitrogen and oxygen atoms in total. The minimum atomic E-state index is 0.657. The van der Waals surface area contributed by atoms with Crippen LogP contribution in [-0.2, 0) is 6.54 Å². The SMILES string of the molecule is CCNCc1ccc(Cl)cc1-n1cc(Cl)c(C)n1. The third-order valence-electron chi connectivity index (χ3n) is 2.70. The molecule has 0 aliphatic rings. The predicted molar refractivity (Wildman–Crippen MR) is 75.7 cm³/mol. The summed E-state index contributed by atoms with van der Waals surface area (Å²) >= 11 is 12.1. The standard InChI is InChI=1S/C13H15Cl2N3/c1-3-16-7-10-4-5-11(14)6-13(10)18-8-12(15)9(2)17-18/h4-6,8,16H,3,7H2,1-2H3.